The van der Waals surface area contributed by atoms with Crippen LogP contribution in [-0.4, -0.2) is 12.9 Å². The van der Waals surface area contributed by atoms with Crippen molar-refractivity contribution in [1.82, 2.24) is 0 Å². The Labute approximate surface area is 113 Å². The number of halogens is 3. The van der Waals surface area contributed by atoms with Crippen LogP contribution < -0.4 is 4.74 Å². The summed E-state index contributed by atoms with van der Waals surface area (Å²) in [6, 6.07) is 10.6. The van der Waals surface area contributed by atoms with Gasteiger partial charge in [-0.3, -0.25) is 4.79 Å². The minimum Gasteiger partial charge on any atom is -0.497 e. The Morgan fingerprint density at radius 1 is 1.00 bits per heavy atom. The zero-order chi connectivity index (χ0) is 14.8. The molecule has 0 amide bonds. The van der Waals surface area contributed by atoms with Crippen molar-refractivity contribution in [1.29, 1.82) is 0 Å². The standard InChI is InChI=1S/C15H11F3O2/c1-20-13-4-2-3-11(9-13)14(19)10-5-7-12(8-6-10)15(16,17)18/h2-9H,1H3. The van der Waals surface area contributed by atoms with E-state index in [4.69, 9.17) is 4.74 Å². The van der Waals surface area contributed by atoms with Crippen LogP contribution in [0.4, 0.5) is 13.2 Å². The molecule has 20 heavy (non-hydrogen) atoms. The average molecular weight is 280 g/mol. The first-order valence-electron chi connectivity index (χ1n) is 5.78. The van der Waals surface area contributed by atoms with Crippen LogP contribution in [0, 0.1) is 0 Å². The fraction of sp³-hybridized carbons (Fsp3) is 0.133. The number of carbonyl (C=O) groups excluding carboxylic acids is 1. The van der Waals surface area contributed by atoms with Crippen molar-refractivity contribution in [3.05, 3.63) is 65.2 Å². The molecule has 0 bridgehead atoms. The Balaban J connectivity index is 2.29. The first-order valence-corrected chi connectivity index (χ1v) is 5.78. The van der Waals surface area contributed by atoms with Gasteiger partial charge >= 0.3 is 6.18 Å². The molecule has 0 aromatic heterocycles. The van der Waals surface area contributed by atoms with E-state index in [0.29, 0.717) is 11.3 Å². The Hall–Kier alpha value is -2.30. The number of alkyl halides is 3. The molecule has 0 saturated carbocycles. The molecule has 104 valence electrons. The molecule has 2 rings (SSSR count). The summed E-state index contributed by atoms with van der Waals surface area (Å²) in [5, 5.41) is 0. The van der Waals surface area contributed by atoms with Crippen molar-refractivity contribution in [2.24, 2.45) is 0 Å². The van der Waals surface area contributed by atoms with Crippen molar-refractivity contribution in [2.45, 2.75) is 6.18 Å². The van der Waals surface area contributed by atoms with Gasteiger partial charge in [-0.2, -0.15) is 13.2 Å². The Morgan fingerprint density at radius 2 is 1.65 bits per heavy atom. The summed E-state index contributed by atoms with van der Waals surface area (Å²) in [6.07, 6.45) is -4.41. The predicted molar refractivity (Wildman–Crippen MR) is 67.9 cm³/mol. The largest absolute Gasteiger partial charge is 0.497 e. The van der Waals surface area contributed by atoms with Crippen LogP contribution in [0.3, 0.4) is 0 Å². The van der Waals surface area contributed by atoms with E-state index >= 15 is 0 Å². The summed E-state index contributed by atoms with van der Waals surface area (Å²) in [4.78, 5) is 12.1. The van der Waals surface area contributed by atoms with Crippen LogP contribution >= 0.6 is 0 Å². The smallest absolute Gasteiger partial charge is 0.416 e. The quantitative estimate of drug-likeness (QED) is 0.796. The highest BCUT2D eigenvalue weighted by Crippen LogP contribution is 2.29. The topological polar surface area (TPSA) is 26.3 Å². The summed E-state index contributed by atoms with van der Waals surface area (Å²) in [6.45, 7) is 0. The third kappa shape index (κ3) is 2.99. The molecule has 0 saturated heterocycles. The fourth-order valence-corrected chi connectivity index (χ4v) is 1.74. The van der Waals surface area contributed by atoms with Crippen LogP contribution in [0.2, 0.25) is 0 Å². The Bertz CT molecular complexity index is 616. The SMILES string of the molecule is COc1cccc(C(=O)c2ccc(C(F)(F)F)cc2)c1. The van der Waals surface area contributed by atoms with Gasteiger partial charge in [-0.25, -0.2) is 0 Å². The summed E-state index contributed by atoms with van der Waals surface area (Å²) in [5.41, 5.74) is -0.213. The molecule has 2 aromatic carbocycles. The first kappa shape index (κ1) is 14.1. The monoisotopic (exact) mass is 280 g/mol. The lowest BCUT2D eigenvalue weighted by molar-refractivity contribution is -0.137. The highest BCUT2D eigenvalue weighted by molar-refractivity contribution is 6.09. The number of benzene rings is 2. The van der Waals surface area contributed by atoms with E-state index in [-0.39, 0.29) is 11.3 Å². The van der Waals surface area contributed by atoms with Gasteiger partial charge in [0.2, 0.25) is 0 Å². The molecular formula is C15H11F3O2. The molecule has 0 spiro atoms. The number of hydrogen-bond acceptors (Lipinski definition) is 2. The number of hydrogen-bond donors (Lipinski definition) is 0. The van der Waals surface area contributed by atoms with Gasteiger partial charge in [-0.05, 0) is 24.3 Å². The van der Waals surface area contributed by atoms with Gasteiger partial charge in [-0.1, -0.05) is 24.3 Å². The van der Waals surface area contributed by atoms with E-state index in [1.807, 2.05) is 0 Å². The van der Waals surface area contributed by atoms with E-state index in [9.17, 15) is 18.0 Å². The van der Waals surface area contributed by atoms with E-state index in [1.54, 1.807) is 24.3 Å². The maximum Gasteiger partial charge on any atom is 0.416 e. The second kappa shape index (κ2) is 5.36. The molecule has 2 nitrogen and oxygen atoms in total. The van der Waals surface area contributed by atoms with E-state index < -0.39 is 11.7 Å². The zero-order valence-corrected chi connectivity index (χ0v) is 10.6. The van der Waals surface area contributed by atoms with Crippen LogP contribution in [0.1, 0.15) is 21.5 Å². The van der Waals surface area contributed by atoms with E-state index in [1.165, 1.54) is 19.2 Å². The zero-order valence-electron chi connectivity index (χ0n) is 10.6. The second-order valence-corrected chi connectivity index (χ2v) is 4.14. The Kier molecular flexibility index (Phi) is 3.79. The molecule has 0 radical (unpaired) electrons. The highest BCUT2D eigenvalue weighted by Gasteiger charge is 2.30. The van der Waals surface area contributed by atoms with Crippen molar-refractivity contribution >= 4 is 5.78 Å². The summed E-state index contributed by atoms with van der Waals surface area (Å²) in [5.74, 6) is 0.167. The summed E-state index contributed by atoms with van der Waals surface area (Å²) < 4.78 is 42.3. The minimum absolute atomic E-state index is 0.200. The van der Waals surface area contributed by atoms with Crippen molar-refractivity contribution in [3.63, 3.8) is 0 Å². The molecule has 0 fully saturated rings. The molecule has 0 aliphatic carbocycles. The lowest BCUT2D eigenvalue weighted by Gasteiger charge is -2.07. The molecule has 0 N–H and O–H groups in total. The molecular weight excluding hydrogens is 269 g/mol. The summed E-state index contributed by atoms with van der Waals surface area (Å²) in [7, 11) is 1.47. The van der Waals surface area contributed by atoms with Crippen molar-refractivity contribution in [2.75, 3.05) is 7.11 Å². The van der Waals surface area contributed by atoms with E-state index in [0.717, 1.165) is 12.1 Å². The number of ketones is 1. The maximum absolute atomic E-state index is 12.4. The molecule has 2 aromatic rings. The van der Waals surface area contributed by atoms with Gasteiger partial charge < -0.3 is 4.74 Å². The predicted octanol–water partition coefficient (Wildman–Crippen LogP) is 3.95. The highest BCUT2D eigenvalue weighted by atomic mass is 19.4. The number of ether oxygens (including phenoxy) is 1. The minimum atomic E-state index is -4.41. The molecule has 0 aliphatic rings. The average Bonchev–Trinajstić information content (AvgIpc) is 2.46. The number of methoxy groups -OCH3 is 1. The van der Waals surface area contributed by atoms with Gasteiger partial charge in [0.15, 0.2) is 5.78 Å². The second-order valence-electron chi connectivity index (χ2n) is 4.14. The molecule has 0 atom stereocenters. The van der Waals surface area contributed by atoms with Crippen LogP contribution in [0.25, 0.3) is 0 Å². The lowest BCUT2D eigenvalue weighted by Crippen LogP contribution is -2.06. The van der Waals surface area contributed by atoms with Crippen LogP contribution in [0.15, 0.2) is 48.5 Å². The first-order chi connectivity index (χ1) is 9.41. The lowest BCUT2D eigenvalue weighted by atomic mass is 10.0. The van der Waals surface area contributed by atoms with Crippen LogP contribution in [-0.2, 0) is 6.18 Å². The van der Waals surface area contributed by atoms with Gasteiger partial charge in [0.05, 0.1) is 12.7 Å². The third-order valence-corrected chi connectivity index (χ3v) is 2.81. The normalized spacial score (nSPS) is 11.2. The number of carbonyl (C=O) groups is 1. The van der Waals surface area contributed by atoms with E-state index in [2.05, 4.69) is 0 Å². The van der Waals surface area contributed by atoms with Gasteiger partial charge in [0.1, 0.15) is 5.75 Å². The van der Waals surface area contributed by atoms with Gasteiger partial charge in [0, 0.05) is 11.1 Å². The molecule has 0 unspecified atom stereocenters. The molecule has 0 heterocycles. The number of rotatable bonds is 3. The Morgan fingerprint density at radius 3 is 2.20 bits per heavy atom. The third-order valence-electron chi connectivity index (χ3n) is 2.81. The molecule has 0 aliphatic heterocycles. The fourth-order valence-electron chi connectivity index (χ4n) is 1.74. The van der Waals surface area contributed by atoms with Gasteiger partial charge in [0.25, 0.3) is 0 Å². The van der Waals surface area contributed by atoms with Crippen LogP contribution in [0.5, 0.6) is 5.75 Å². The summed E-state index contributed by atoms with van der Waals surface area (Å²) >= 11 is 0. The maximum atomic E-state index is 12.4. The van der Waals surface area contributed by atoms with Crippen molar-refractivity contribution < 1.29 is 22.7 Å². The van der Waals surface area contributed by atoms with Gasteiger partial charge in [-0.15, -0.1) is 0 Å². The molecule has 5 heteroatoms. The van der Waals surface area contributed by atoms with Crippen molar-refractivity contribution in [3.8, 4) is 5.75 Å².